The highest BCUT2D eigenvalue weighted by molar-refractivity contribution is 5.93. The first-order valence-electron chi connectivity index (χ1n) is 5.64. The molecule has 0 aliphatic carbocycles. The maximum absolute atomic E-state index is 11.2. The second-order valence-corrected chi connectivity index (χ2v) is 3.86. The molecule has 0 aliphatic heterocycles. The number of pyridine rings is 1. The van der Waals surface area contributed by atoms with Crippen molar-refractivity contribution in [2.45, 2.75) is 0 Å². The fourth-order valence-electron chi connectivity index (χ4n) is 1.74. The van der Waals surface area contributed by atoms with Gasteiger partial charge in [0, 0.05) is 17.3 Å². The summed E-state index contributed by atoms with van der Waals surface area (Å²) >= 11 is 0. The summed E-state index contributed by atoms with van der Waals surface area (Å²) in [6.07, 6.45) is 1.55. The Kier molecular flexibility index (Phi) is 3.66. The van der Waals surface area contributed by atoms with Crippen LogP contribution in [0.3, 0.4) is 0 Å². The molecule has 0 atom stereocenters. The van der Waals surface area contributed by atoms with Gasteiger partial charge >= 0.3 is 0 Å². The summed E-state index contributed by atoms with van der Waals surface area (Å²) in [5.41, 5.74) is 7.14. The molecule has 2 N–H and O–H groups in total. The van der Waals surface area contributed by atoms with Gasteiger partial charge in [0.1, 0.15) is 0 Å². The number of hydrogen-bond acceptors (Lipinski definition) is 4. The summed E-state index contributed by atoms with van der Waals surface area (Å²) in [6, 6.07) is 8.64. The maximum atomic E-state index is 11.2. The number of primary amides is 1. The number of ether oxygens (including phenoxy) is 2. The van der Waals surface area contributed by atoms with Gasteiger partial charge in [0.15, 0.2) is 11.5 Å². The zero-order chi connectivity index (χ0) is 13.8. The molecular formula is C14H14N2O3. The second-order valence-electron chi connectivity index (χ2n) is 3.86. The van der Waals surface area contributed by atoms with Crippen LogP contribution in [0, 0.1) is 0 Å². The first-order chi connectivity index (χ1) is 9.15. The molecule has 98 valence electrons. The van der Waals surface area contributed by atoms with Gasteiger partial charge in [-0.05, 0) is 30.3 Å². The van der Waals surface area contributed by atoms with E-state index in [0.717, 1.165) is 5.56 Å². The van der Waals surface area contributed by atoms with Crippen molar-refractivity contribution in [2.75, 3.05) is 14.2 Å². The van der Waals surface area contributed by atoms with Gasteiger partial charge in [0.2, 0.25) is 5.91 Å². The topological polar surface area (TPSA) is 74.4 Å². The Morgan fingerprint density at radius 1 is 1.11 bits per heavy atom. The summed E-state index contributed by atoms with van der Waals surface area (Å²) in [7, 11) is 3.14. The van der Waals surface area contributed by atoms with Gasteiger partial charge in [0.05, 0.1) is 19.9 Å². The Bertz CT molecular complexity index is 611. The van der Waals surface area contributed by atoms with Crippen LogP contribution in [0.2, 0.25) is 0 Å². The highest BCUT2D eigenvalue weighted by Crippen LogP contribution is 2.31. The fourth-order valence-corrected chi connectivity index (χ4v) is 1.74. The fraction of sp³-hybridized carbons (Fsp3) is 0.143. The second kappa shape index (κ2) is 5.39. The lowest BCUT2D eigenvalue weighted by atomic mass is 10.1. The Labute approximate surface area is 111 Å². The van der Waals surface area contributed by atoms with Crippen LogP contribution in [0.4, 0.5) is 0 Å². The van der Waals surface area contributed by atoms with Crippen LogP contribution < -0.4 is 15.2 Å². The van der Waals surface area contributed by atoms with E-state index < -0.39 is 5.91 Å². The number of nitrogens with zero attached hydrogens (tertiary/aromatic N) is 1. The van der Waals surface area contributed by atoms with Gasteiger partial charge < -0.3 is 15.2 Å². The smallest absolute Gasteiger partial charge is 0.248 e. The zero-order valence-electron chi connectivity index (χ0n) is 10.7. The van der Waals surface area contributed by atoms with Gasteiger partial charge in [0.25, 0.3) is 0 Å². The molecule has 5 heteroatoms. The number of nitrogens with two attached hydrogens (primary N) is 1. The molecule has 0 saturated carbocycles. The Morgan fingerprint density at radius 3 is 2.47 bits per heavy atom. The molecule has 1 aromatic carbocycles. The highest BCUT2D eigenvalue weighted by Gasteiger charge is 2.08. The third-order valence-electron chi connectivity index (χ3n) is 2.72. The predicted molar refractivity (Wildman–Crippen MR) is 71.3 cm³/mol. The van der Waals surface area contributed by atoms with Crippen LogP contribution in [0.5, 0.6) is 11.5 Å². The van der Waals surface area contributed by atoms with Crippen molar-refractivity contribution >= 4 is 5.91 Å². The van der Waals surface area contributed by atoms with Crippen LogP contribution >= 0.6 is 0 Å². The third kappa shape index (κ3) is 2.65. The average Bonchev–Trinajstić information content (AvgIpc) is 2.46. The highest BCUT2D eigenvalue weighted by atomic mass is 16.5. The van der Waals surface area contributed by atoms with E-state index in [-0.39, 0.29) is 0 Å². The van der Waals surface area contributed by atoms with Gasteiger partial charge in [-0.25, -0.2) is 0 Å². The molecule has 0 fully saturated rings. The molecule has 0 spiro atoms. The van der Waals surface area contributed by atoms with E-state index in [9.17, 15) is 4.79 Å². The molecule has 0 radical (unpaired) electrons. The number of amides is 1. The molecule has 1 amide bonds. The summed E-state index contributed by atoms with van der Waals surface area (Å²) in [4.78, 5) is 15.4. The molecule has 0 unspecified atom stereocenters. The molecule has 0 bridgehead atoms. The Morgan fingerprint density at radius 2 is 1.84 bits per heavy atom. The number of methoxy groups -OCH3 is 2. The number of benzene rings is 1. The van der Waals surface area contributed by atoms with Crippen molar-refractivity contribution in [1.82, 2.24) is 4.98 Å². The molecule has 5 nitrogen and oxygen atoms in total. The molecule has 2 aromatic rings. The summed E-state index contributed by atoms with van der Waals surface area (Å²) < 4.78 is 10.4. The van der Waals surface area contributed by atoms with Crippen molar-refractivity contribution in [3.8, 4) is 22.8 Å². The standard InChI is InChI=1S/C14H14N2O3/c1-18-12-4-3-9(8-13(12)19-2)11-7-10(14(15)17)5-6-16-11/h3-8H,1-2H3,(H2,15,17). The van der Waals surface area contributed by atoms with E-state index in [1.165, 1.54) is 0 Å². The SMILES string of the molecule is COc1ccc(-c2cc(C(N)=O)ccn2)cc1OC. The lowest BCUT2D eigenvalue weighted by molar-refractivity contribution is 0.1000. The minimum Gasteiger partial charge on any atom is -0.493 e. The average molecular weight is 258 g/mol. The van der Waals surface area contributed by atoms with E-state index in [1.807, 2.05) is 6.07 Å². The molecule has 19 heavy (non-hydrogen) atoms. The third-order valence-corrected chi connectivity index (χ3v) is 2.72. The number of carbonyl (C=O) groups is 1. The molecule has 0 aliphatic rings. The molecule has 0 saturated heterocycles. The van der Waals surface area contributed by atoms with Crippen molar-refractivity contribution in [2.24, 2.45) is 5.73 Å². The van der Waals surface area contributed by atoms with Crippen LogP contribution in [-0.4, -0.2) is 25.1 Å². The van der Waals surface area contributed by atoms with E-state index in [1.54, 1.807) is 44.7 Å². The molecular weight excluding hydrogens is 244 g/mol. The normalized spacial score (nSPS) is 10.0. The minimum absolute atomic E-state index is 0.416. The first kappa shape index (κ1) is 12.9. The van der Waals surface area contributed by atoms with Gasteiger partial charge in [-0.3, -0.25) is 9.78 Å². The number of aromatic nitrogens is 1. The van der Waals surface area contributed by atoms with E-state index >= 15 is 0 Å². The minimum atomic E-state index is -0.482. The maximum Gasteiger partial charge on any atom is 0.248 e. The summed E-state index contributed by atoms with van der Waals surface area (Å²) in [5, 5.41) is 0. The van der Waals surface area contributed by atoms with Crippen LogP contribution in [0.15, 0.2) is 36.5 Å². The van der Waals surface area contributed by atoms with E-state index in [2.05, 4.69) is 4.98 Å². The first-order valence-corrected chi connectivity index (χ1v) is 5.64. The molecule has 1 heterocycles. The zero-order valence-corrected chi connectivity index (χ0v) is 10.7. The van der Waals surface area contributed by atoms with Crippen LogP contribution in [0.25, 0.3) is 11.3 Å². The van der Waals surface area contributed by atoms with Crippen molar-refractivity contribution in [3.63, 3.8) is 0 Å². The largest absolute Gasteiger partial charge is 0.493 e. The quantitative estimate of drug-likeness (QED) is 0.908. The number of rotatable bonds is 4. The lowest BCUT2D eigenvalue weighted by Crippen LogP contribution is -2.10. The van der Waals surface area contributed by atoms with Gasteiger partial charge in [-0.15, -0.1) is 0 Å². The lowest BCUT2D eigenvalue weighted by Gasteiger charge is -2.09. The Balaban J connectivity index is 2.47. The predicted octanol–water partition coefficient (Wildman–Crippen LogP) is 1.86. The van der Waals surface area contributed by atoms with E-state index in [4.69, 9.17) is 15.2 Å². The van der Waals surface area contributed by atoms with Crippen molar-refractivity contribution in [1.29, 1.82) is 0 Å². The summed E-state index contributed by atoms with van der Waals surface area (Å²) in [6.45, 7) is 0. The monoisotopic (exact) mass is 258 g/mol. The van der Waals surface area contributed by atoms with Crippen LogP contribution in [0.1, 0.15) is 10.4 Å². The number of hydrogen-bond donors (Lipinski definition) is 1. The Hall–Kier alpha value is -2.56. The summed E-state index contributed by atoms with van der Waals surface area (Å²) in [5.74, 6) is 0.757. The number of carbonyl (C=O) groups excluding carboxylic acids is 1. The van der Waals surface area contributed by atoms with Gasteiger partial charge in [-0.1, -0.05) is 0 Å². The van der Waals surface area contributed by atoms with Gasteiger partial charge in [-0.2, -0.15) is 0 Å². The van der Waals surface area contributed by atoms with Crippen molar-refractivity contribution < 1.29 is 14.3 Å². The molecule has 2 rings (SSSR count). The molecule has 1 aromatic heterocycles. The van der Waals surface area contributed by atoms with Crippen molar-refractivity contribution in [3.05, 3.63) is 42.1 Å². The van der Waals surface area contributed by atoms with E-state index in [0.29, 0.717) is 22.8 Å². The van der Waals surface area contributed by atoms with Crippen LogP contribution in [-0.2, 0) is 0 Å².